The Hall–Kier alpha value is -1.84. The van der Waals surface area contributed by atoms with Crippen LogP contribution >= 0.6 is 7.82 Å². The van der Waals surface area contributed by atoms with Crippen molar-refractivity contribution in [2.75, 3.05) is 19.8 Å². The molecule has 0 saturated heterocycles. The number of amides is 1. The Balaban J connectivity index is 4.42. The Morgan fingerprint density at radius 2 is 1.13 bits per heavy atom. The van der Waals surface area contributed by atoms with Crippen molar-refractivity contribution in [3.63, 3.8) is 0 Å². The van der Waals surface area contributed by atoms with E-state index in [-0.39, 0.29) is 19.6 Å². The van der Waals surface area contributed by atoms with E-state index in [1.54, 1.807) is 6.08 Å². The first-order chi connectivity index (χ1) is 25.8. The summed E-state index contributed by atoms with van der Waals surface area (Å²) in [7, 11) is -4.41. The van der Waals surface area contributed by atoms with Crippen molar-refractivity contribution >= 4 is 13.7 Å². The predicted molar refractivity (Wildman–Crippen MR) is 223 cm³/mol. The van der Waals surface area contributed by atoms with Crippen molar-refractivity contribution in [1.29, 1.82) is 0 Å². The van der Waals surface area contributed by atoms with Crippen LogP contribution in [0.15, 0.2) is 60.8 Å². The van der Waals surface area contributed by atoms with Crippen LogP contribution < -0.4 is 11.1 Å². The summed E-state index contributed by atoms with van der Waals surface area (Å²) in [6, 6.07) is -1.01. The minimum atomic E-state index is -4.41. The van der Waals surface area contributed by atoms with Crippen LogP contribution in [0, 0.1) is 0 Å². The molecule has 0 heterocycles. The molecule has 6 N–H and O–H groups in total. The van der Waals surface area contributed by atoms with Crippen molar-refractivity contribution in [3.8, 4) is 0 Å². The molecule has 0 aromatic carbocycles. The normalized spacial score (nSPS) is 15.4. The molecule has 53 heavy (non-hydrogen) atoms. The van der Waals surface area contributed by atoms with Gasteiger partial charge in [0.1, 0.15) is 0 Å². The number of phosphoric ester groups is 1. The second-order valence-electron chi connectivity index (χ2n) is 14.0. The minimum Gasteiger partial charge on any atom is -0.393 e. The third-order valence-corrected chi connectivity index (χ3v) is 9.86. The van der Waals surface area contributed by atoms with Crippen LogP contribution in [-0.2, 0) is 18.4 Å². The molecule has 0 aliphatic heterocycles. The highest BCUT2D eigenvalue weighted by atomic mass is 31.2. The molecule has 1 amide bonds. The molecule has 0 aliphatic carbocycles. The topological polar surface area (TPSA) is 151 Å². The Morgan fingerprint density at radius 3 is 1.72 bits per heavy atom. The summed E-state index contributed by atoms with van der Waals surface area (Å²) in [5, 5.41) is 24.0. The number of hydrogen-bond acceptors (Lipinski definition) is 7. The van der Waals surface area contributed by atoms with Crippen LogP contribution in [0.4, 0.5) is 0 Å². The van der Waals surface area contributed by atoms with E-state index in [2.05, 4.69) is 67.8 Å². The van der Waals surface area contributed by atoms with E-state index in [1.165, 1.54) is 83.5 Å². The molecule has 308 valence electrons. The van der Waals surface area contributed by atoms with Gasteiger partial charge in [-0.15, -0.1) is 0 Å². The van der Waals surface area contributed by atoms with E-state index >= 15 is 0 Å². The van der Waals surface area contributed by atoms with Crippen molar-refractivity contribution in [1.82, 2.24) is 5.32 Å². The maximum absolute atomic E-state index is 12.8. The number of allylic oxidation sites excluding steroid dienone is 9. The Kier molecular flexibility index (Phi) is 37.1. The monoisotopic (exact) mass is 767 g/mol. The second kappa shape index (κ2) is 38.4. The van der Waals surface area contributed by atoms with Gasteiger partial charge in [0.2, 0.25) is 5.91 Å². The summed E-state index contributed by atoms with van der Waals surface area (Å²) in [5.74, 6) is -0.468. The zero-order chi connectivity index (χ0) is 39.1. The maximum atomic E-state index is 12.8. The van der Waals surface area contributed by atoms with E-state index in [0.29, 0.717) is 12.8 Å². The summed E-state index contributed by atoms with van der Waals surface area (Å²) < 4.78 is 22.0. The highest BCUT2D eigenvalue weighted by molar-refractivity contribution is 7.47. The smallest absolute Gasteiger partial charge is 0.393 e. The number of aliphatic hydroxyl groups excluding tert-OH is 2. The van der Waals surface area contributed by atoms with Gasteiger partial charge in [0, 0.05) is 6.54 Å². The van der Waals surface area contributed by atoms with E-state index < -0.39 is 38.6 Å². The summed E-state index contributed by atoms with van der Waals surface area (Å²) >= 11 is 0. The fraction of sp³-hybridized carbons (Fsp3) is 0.744. The summed E-state index contributed by atoms with van der Waals surface area (Å²) in [6.45, 7) is 3.87. The zero-order valence-corrected chi connectivity index (χ0v) is 34.5. The Labute approximate surface area is 324 Å². The van der Waals surface area contributed by atoms with Crippen LogP contribution in [0.2, 0.25) is 0 Å². The molecule has 4 atom stereocenters. The summed E-state index contributed by atoms with van der Waals surface area (Å²) in [6.07, 6.45) is 44.4. The quantitative estimate of drug-likeness (QED) is 0.0180. The molecule has 9 nitrogen and oxygen atoms in total. The molecule has 0 spiro atoms. The molecule has 0 rings (SSSR count). The molecule has 0 fully saturated rings. The van der Waals surface area contributed by atoms with Gasteiger partial charge in [-0.1, -0.05) is 152 Å². The number of hydrogen-bond donors (Lipinski definition) is 5. The fourth-order valence-corrected chi connectivity index (χ4v) is 6.43. The lowest BCUT2D eigenvalue weighted by molar-refractivity contribution is -0.124. The summed E-state index contributed by atoms with van der Waals surface area (Å²) in [5.41, 5.74) is 5.35. The van der Waals surface area contributed by atoms with Gasteiger partial charge in [0.15, 0.2) is 0 Å². The van der Waals surface area contributed by atoms with Crippen molar-refractivity contribution in [2.24, 2.45) is 5.73 Å². The zero-order valence-electron chi connectivity index (χ0n) is 33.6. The van der Waals surface area contributed by atoms with Gasteiger partial charge < -0.3 is 26.2 Å². The van der Waals surface area contributed by atoms with E-state index in [4.69, 9.17) is 14.8 Å². The predicted octanol–water partition coefficient (Wildman–Crippen LogP) is 10.5. The third kappa shape index (κ3) is 36.9. The molecule has 0 aliphatic rings. The number of carbonyl (C=O) groups is 1. The van der Waals surface area contributed by atoms with Crippen LogP contribution in [0.5, 0.6) is 0 Å². The molecular weight excluding hydrogens is 687 g/mol. The average molecular weight is 767 g/mol. The van der Waals surface area contributed by atoms with Gasteiger partial charge in [-0.25, -0.2) is 4.57 Å². The first kappa shape index (κ1) is 51.2. The number of carbonyl (C=O) groups excluding carboxylic acids is 1. The molecule has 10 heteroatoms. The van der Waals surface area contributed by atoms with Crippen LogP contribution in [0.1, 0.15) is 168 Å². The molecule has 0 bridgehead atoms. The van der Waals surface area contributed by atoms with Gasteiger partial charge in [-0.2, -0.15) is 0 Å². The maximum Gasteiger partial charge on any atom is 0.472 e. The number of nitrogens with one attached hydrogen (secondary N) is 1. The lowest BCUT2D eigenvalue weighted by Crippen LogP contribution is -2.46. The highest BCUT2D eigenvalue weighted by Gasteiger charge is 2.27. The number of aliphatic hydroxyl groups is 2. The number of nitrogens with two attached hydrogens (primary N) is 1. The number of phosphoric acid groups is 1. The molecule has 0 aromatic heterocycles. The SMILES string of the molecule is CCCCC/C=C\C=C/CCCCCCCCCCC(O)CC(=O)NC(COP(=O)(O)OCCN)C(O)/C=C/CC/C=C/CC/C=C/CCCCCC. The standard InChI is InChI=1S/C43H79N2O7P/c1-3-5-7-9-11-13-15-17-19-20-21-22-24-26-28-30-32-34-40(46)38-43(48)45-41(39-52-53(49,50)51-37-36-44)42(47)35-33-31-29-27-25-23-18-16-14-12-10-8-6-4-2/h11,13-17,25,27,33,35,40-42,46-47H,3-10,12,18-24,26,28-32,34,36-39,44H2,1-2H3,(H,45,48)(H,49,50)/b13-11-,16-14+,17-15-,27-25+,35-33+. The molecule has 0 aromatic rings. The molecule has 0 radical (unpaired) electrons. The first-order valence-electron chi connectivity index (χ1n) is 21.0. The van der Waals surface area contributed by atoms with Gasteiger partial charge in [0.25, 0.3) is 0 Å². The lowest BCUT2D eigenvalue weighted by Gasteiger charge is -2.24. The van der Waals surface area contributed by atoms with Gasteiger partial charge in [-0.05, 0) is 70.6 Å². The summed E-state index contributed by atoms with van der Waals surface area (Å²) in [4.78, 5) is 22.7. The van der Waals surface area contributed by atoms with Crippen molar-refractivity contribution in [2.45, 2.75) is 186 Å². The van der Waals surface area contributed by atoms with Crippen LogP contribution in [0.25, 0.3) is 0 Å². The third-order valence-electron chi connectivity index (χ3n) is 8.88. The number of unbranched alkanes of at least 4 members (excludes halogenated alkanes) is 17. The van der Waals surface area contributed by atoms with E-state index in [9.17, 15) is 24.5 Å². The largest absolute Gasteiger partial charge is 0.472 e. The second-order valence-corrected chi connectivity index (χ2v) is 15.5. The van der Waals surface area contributed by atoms with Gasteiger partial charge in [0.05, 0.1) is 37.9 Å². The molecular formula is C43H79N2O7P. The fourth-order valence-electron chi connectivity index (χ4n) is 5.67. The van der Waals surface area contributed by atoms with Gasteiger partial charge >= 0.3 is 7.82 Å². The van der Waals surface area contributed by atoms with E-state index in [1.807, 2.05) is 6.08 Å². The minimum absolute atomic E-state index is 0.0390. The van der Waals surface area contributed by atoms with Crippen molar-refractivity contribution < 1.29 is 33.5 Å². The van der Waals surface area contributed by atoms with Crippen molar-refractivity contribution in [3.05, 3.63) is 60.8 Å². The Morgan fingerprint density at radius 1 is 0.660 bits per heavy atom. The molecule has 4 unspecified atom stereocenters. The Bertz CT molecular complexity index is 1030. The van der Waals surface area contributed by atoms with E-state index in [0.717, 1.165) is 51.4 Å². The van der Waals surface area contributed by atoms with Gasteiger partial charge in [-0.3, -0.25) is 13.8 Å². The first-order valence-corrected chi connectivity index (χ1v) is 22.5. The average Bonchev–Trinajstić information content (AvgIpc) is 3.13. The number of rotatable bonds is 38. The van der Waals surface area contributed by atoms with Crippen LogP contribution in [-0.4, -0.2) is 59.0 Å². The lowest BCUT2D eigenvalue weighted by atomic mass is 10.0. The molecule has 0 saturated carbocycles. The highest BCUT2D eigenvalue weighted by Crippen LogP contribution is 2.43. The van der Waals surface area contributed by atoms with Crippen LogP contribution in [0.3, 0.4) is 0 Å².